The van der Waals surface area contributed by atoms with Crippen LogP contribution in [0.3, 0.4) is 0 Å². The summed E-state index contributed by atoms with van der Waals surface area (Å²) in [5.41, 5.74) is 1.92. The minimum Gasteiger partial charge on any atom is -0.495 e. The van der Waals surface area contributed by atoms with Gasteiger partial charge in [0.15, 0.2) is 11.2 Å². The Kier molecular flexibility index (Phi) is 8.53. The molecule has 0 bridgehead atoms. The van der Waals surface area contributed by atoms with Gasteiger partial charge in [-0.3, -0.25) is 19.2 Å². The summed E-state index contributed by atoms with van der Waals surface area (Å²) in [4.78, 5) is 50.7. The van der Waals surface area contributed by atoms with E-state index in [0.29, 0.717) is 10.1 Å². The van der Waals surface area contributed by atoms with Crippen molar-refractivity contribution in [2.24, 2.45) is 0 Å². The van der Waals surface area contributed by atoms with Crippen LogP contribution >= 0.6 is 23.2 Å². The van der Waals surface area contributed by atoms with E-state index in [1.54, 1.807) is 42.5 Å². The smallest absolute Gasteiger partial charge is 0.284 e. The fraction of sp³-hybridized carbons (Fsp3) is 0.100. The van der Waals surface area contributed by atoms with Gasteiger partial charge in [0.05, 0.1) is 19.9 Å². The highest BCUT2D eigenvalue weighted by molar-refractivity contribution is 7.93. The van der Waals surface area contributed by atoms with Gasteiger partial charge in [0.2, 0.25) is 0 Å². The molecule has 0 aromatic heterocycles. The number of hydrogen-bond acceptors (Lipinski definition) is 8. The van der Waals surface area contributed by atoms with Gasteiger partial charge in [-0.2, -0.15) is 5.48 Å². The van der Waals surface area contributed by atoms with Crippen molar-refractivity contribution in [3.8, 4) is 11.5 Å². The number of rotatable bonds is 9. The molecule has 2 N–H and O–H groups in total. The first kappa shape index (κ1) is 30.8. The van der Waals surface area contributed by atoms with Gasteiger partial charge in [-0.15, -0.1) is 0 Å². The summed E-state index contributed by atoms with van der Waals surface area (Å²) in [6.45, 7) is 0. The van der Waals surface area contributed by atoms with Crippen molar-refractivity contribution in [3.05, 3.63) is 118 Å². The average molecular weight is 657 g/mol. The number of para-hydroxylation sites is 1. The van der Waals surface area contributed by atoms with Crippen molar-refractivity contribution in [1.82, 2.24) is 11.0 Å². The van der Waals surface area contributed by atoms with Gasteiger partial charge in [0, 0.05) is 26.7 Å². The second kappa shape index (κ2) is 12.2. The number of carbonyl (C=O) groups is 3. The fourth-order valence-corrected chi connectivity index (χ4v) is 6.97. The third-order valence-electron chi connectivity index (χ3n) is 6.85. The summed E-state index contributed by atoms with van der Waals surface area (Å²) in [5.74, 6) is -2.74. The Morgan fingerprint density at radius 2 is 1.55 bits per heavy atom. The van der Waals surface area contributed by atoms with E-state index >= 15 is 0 Å². The zero-order valence-corrected chi connectivity index (χ0v) is 25.4. The van der Waals surface area contributed by atoms with Crippen LogP contribution in [0.1, 0.15) is 21.5 Å². The number of hydroxylamine groups is 2. The van der Waals surface area contributed by atoms with Crippen LogP contribution in [-0.2, 0) is 29.9 Å². The highest BCUT2D eigenvalue weighted by Crippen LogP contribution is 2.51. The predicted molar refractivity (Wildman–Crippen MR) is 161 cm³/mol. The van der Waals surface area contributed by atoms with Gasteiger partial charge in [-0.05, 0) is 54.6 Å². The zero-order valence-electron chi connectivity index (χ0n) is 23.0. The Morgan fingerprint density at radius 1 is 0.841 bits per heavy atom. The van der Waals surface area contributed by atoms with E-state index in [1.165, 1.54) is 56.7 Å². The molecule has 11 nitrogen and oxygen atoms in total. The number of benzene rings is 4. The molecule has 5 rings (SSSR count). The number of hydrogen-bond donors (Lipinski definition) is 2. The van der Waals surface area contributed by atoms with Crippen LogP contribution in [0.25, 0.3) is 0 Å². The number of sulfonamides is 1. The quantitative estimate of drug-likeness (QED) is 0.199. The van der Waals surface area contributed by atoms with Gasteiger partial charge in [-0.25, -0.2) is 18.2 Å². The van der Waals surface area contributed by atoms with E-state index in [1.807, 2.05) is 0 Å². The summed E-state index contributed by atoms with van der Waals surface area (Å²) in [6, 6.07) is 22.0. The van der Waals surface area contributed by atoms with E-state index in [2.05, 4.69) is 11.0 Å². The van der Waals surface area contributed by atoms with Crippen LogP contribution in [0.4, 0.5) is 5.69 Å². The Hall–Kier alpha value is -4.62. The third kappa shape index (κ3) is 5.11. The van der Waals surface area contributed by atoms with Gasteiger partial charge in [0.25, 0.3) is 27.7 Å². The number of halogens is 2. The SMILES string of the molecule is CONC(=O)C1(c2ccccc2Cl)C(=O)N(S(=O)(=O)c2ccc(C(=O)NOc3ccccc3)cc2OC)c2ccc(Cl)cc21. The maximum atomic E-state index is 14.5. The molecule has 1 atom stereocenters. The molecule has 14 heteroatoms. The number of carbonyl (C=O) groups excluding carboxylic acids is 3. The number of nitrogens with one attached hydrogen (secondary N) is 2. The lowest BCUT2D eigenvalue weighted by atomic mass is 9.74. The normalized spacial score (nSPS) is 15.8. The van der Waals surface area contributed by atoms with Crippen LogP contribution in [0.2, 0.25) is 10.0 Å². The minimum absolute atomic E-state index is 0.000154. The van der Waals surface area contributed by atoms with E-state index in [9.17, 15) is 22.8 Å². The largest absolute Gasteiger partial charge is 0.495 e. The first-order valence-corrected chi connectivity index (χ1v) is 15.0. The molecule has 1 unspecified atom stereocenters. The summed E-state index contributed by atoms with van der Waals surface area (Å²) < 4.78 is 34.5. The van der Waals surface area contributed by atoms with E-state index in [4.69, 9.17) is 37.6 Å². The van der Waals surface area contributed by atoms with Crippen LogP contribution in [0.15, 0.2) is 95.9 Å². The highest BCUT2D eigenvalue weighted by Gasteiger charge is 2.62. The van der Waals surface area contributed by atoms with E-state index in [-0.39, 0.29) is 38.2 Å². The van der Waals surface area contributed by atoms with Crippen LogP contribution in [0, 0.1) is 0 Å². The van der Waals surface area contributed by atoms with E-state index in [0.717, 1.165) is 6.07 Å². The molecule has 1 aliphatic rings. The molecule has 0 saturated heterocycles. The van der Waals surface area contributed by atoms with Crippen LogP contribution < -0.4 is 24.8 Å². The summed E-state index contributed by atoms with van der Waals surface area (Å²) in [7, 11) is -2.44. The molecule has 3 amide bonds. The van der Waals surface area contributed by atoms with Crippen molar-refractivity contribution in [3.63, 3.8) is 0 Å². The fourth-order valence-electron chi connectivity index (χ4n) is 4.91. The lowest BCUT2D eigenvalue weighted by Gasteiger charge is -2.28. The second-order valence-electron chi connectivity index (χ2n) is 9.31. The Morgan fingerprint density at radius 3 is 2.23 bits per heavy atom. The molecule has 4 aromatic rings. The first-order valence-electron chi connectivity index (χ1n) is 12.8. The molecule has 1 aliphatic heterocycles. The molecule has 1 heterocycles. The van der Waals surface area contributed by atoms with Crippen molar-refractivity contribution in [2.75, 3.05) is 18.5 Å². The number of ether oxygens (including phenoxy) is 1. The van der Waals surface area contributed by atoms with Gasteiger partial charge < -0.3 is 9.57 Å². The maximum Gasteiger partial charge on any atom is 0.284 e. The molecular formula is C30H23Cl2N3O8S. The summed E-state index contributed by atoms with van der Waals surface area (Å²) in [6.07, 6.45) is 0. The van der Waals surface area contributed by atoms with Crippen LogP contribution in [0.5, 0.6) is 11.5 Å². The molecule has 0 spiro atoms. The molecule has 0 aliphatic carbocycles. The molecule has 0 fully saturated rings. The lowest BCUT2D eigenvalue weighted by Crippen LogP contribution is -2.53. The number of methoxy groups -OCH3 is 1. The standard InChI is InChI=1S/C30H23Cl2N3O8S/c1-41-25-16-18(27(36)33-43-20-8-4-3-5-9-20)12-15-26(25)44(39,40)35-24-14-13-19(31)17-22(24)30(29(35)38,28(37)34-42-2)21-10-6-7-11-23(21)32/h3-17H,1-2H3,(H,33,36)(H,34,37). The molecule has 44 heavy (non-hydrogen) atoms. The summed E-state index contributed by atoms with van der Waals surface area (Å²) >= 11 is 12.8. The topological polar surface area (TPSA) is 140 Å². The third-order valence-corrected chi connectivity index (χ3v) is 9.15. The Labute approximate surface area is 262 Å². The van der Waals surface area contributed by atoms with Gasteiger partial charge in [-0.1, -0.05) is 59.6 Å². The predicted octanol–water partition coefficient (Wildman–Crippen LogP) is 4.43. The van der Waals surface area contributed by atoms with Crippen molar-refractivity contribution < 1.29 is 37.2 Å². The number of amides is 3. The zero-order chi connectivity index (χ0) is 31.6. The average Bonchev–Trinajstić information content (AvgIpc) is 3.28. The Bertz CT molecular complexity index is 1890. The minimum atomic E-state index is -4.81. The van der Waals surface area contributed by atoms with E-state index < -0.39 is 38.1 Å². The first-order chi connectivity index (χ1) is 21.1. The van der Waals surface area contributed by atoms with Crippen molar-refractivity contribution in [1.29, 1.82) is 0 Å². The lowest BCUT2D eigenvalue weighted by molar-refractivity contribution is -0.140. The maximum absolute atomic E-state index is 14.5. The van der Waals surface area contributed by atoms with Crippen LogP contribution in [-0.4, -0.2) is 40.4 Å². The van der Waals surface area contributed by atoms with Gasteiger partial charge >= 0.3 is 0 Å². The molecule has 4 aromatic carbocycles. The molecule has 226 valence electrons. The van der Waals surface area contributed by atoms with Crippen molar-refractivity contribution >= 4 is 56.6 Å². The number of anilines is 1. The second-order valence-corrected chi connectivity index (χ2v) is 11.9. The monoisotopic (exact) mass is 655 g/mol. The molecular weight excluding hydrogens is 633 g/mol. The highest BCUT2D eigenvalue weighted by atomic mass is 35.5. The molecule has 0 radical (unpaired) electrons. The van der Waals surface area contributed by atoms with Crippen molar-refractivity contribution in [2.45, 2.75) is 10.3 Å². The summed E-state index contributed by atoms with van der Waals surface area (Å²) in [5, 5.41) is 0.144. The Balaban J connectivity index is 1.62. The molecule has 0 saturated carbocycles. The van der Waals surface area contributed by atoms with Gasteiger partial charge in [0.1, 0.15) is 10.6 Å². The number of nitrogens with zero attached hydrogens (tertiary/aromatic N) is 1. The number of fused-ring (bicyclic) bond motifs is 1.